The Labute approximate surface area is 114 Å². The number of pyridine rings is 1. The van der Waals surface area contributed by atoms with Gasteiger partial charge in [0.1, 0.15) is 5.75 Å². The molecule has 4 heteroatoms. The van der Waals surface area contributed by atoms with Crippen LogP contribution in [0.15, 0.2) is 41.0 Å². The number of aromatic nitrogens is 1. The summed E-state index contributed by atoms with van der Waals surface area (Å²) in [6, 6.07) is 9.05. The van der Waals surface area contributed by atoms with E-state index >= 15 is 0 Å². The van der Waals surface area contributed by atoms with Gasteiger partial charge in [-0.15, -0.1) is 0 Å². The summed E-state index contributed by atoms with van der Waals surface area (Å²) in [7, 11) is 0. The van der Waals surface area contributed by atoms with Crippen molar-refractivity contribution < 1.29 is 9.53 Å². The Morgan fingerprint density at radius 3 is 2.78 bits per heavy atom. The average molecular weight is 306 g/mol. The van der Waals surface area contributed by atoms with Crippen LogP contribution in [0.25, 0.3) is 0 Å². The van der Waals surface area contributed by atoms with Crippen molar-refractivity contribution in [2.45, 2.75) is 13.8 Å². The summed E-state index contributed by atoms with van der Waals surface area (Å²) in [5, 5.41) is 0. The van der Waals surface area contributed by atoms with Crippen molar-refractivity contribution in [3.63, 3.8) is 0 Å². The lowest BCUT2D eigenvalue weighted by molar-refractivity contribution is 0.101. The van der Waals surface area contributed by atoms with Crippen LogP contribution in [0.4, 0.5) is 0 Å². The Morgan fingerprint density at radius 2 is 2.11 bits per heavy atom. The molecule has 0 saturated heterocycles. The number of ether oxygens (including phenoxy) is 1. The number of hydrogen-bond donors (Lipinski definition) is 0. The predicted octanol–water partition coefficient (Wildman–Crippen LogP) is 4.15. The Bertz CT molecular complexity index is 596. The lowest BCUT2D eigenvalue weighted by atomic mass is 10.2. The average Bonchev–Trinajstić information content (AvgIpc) is 2.34. The molecule has 0 radical (unpaired) electrons. The Hall–Kier alpha value is -1.68. The molecule has 3 nitrogen and oxygen atoms in total. The maximum Gasteiger partial charge on any atom is 0.230 e. The first-order valence-electron chi connectivity index (χ1n) is 5.48. The largest absolute Gasteiger partial charge is 0.438 e. The molecule has 0 aliphatic rings. The number of hydrogen-bond acceptors (Lipinski definition) is 3. The van der Waals surface area contributed by atoms with Crippen LogP contribution in [0.5, 0.6) is 11.6 Å². The second-order valence-corrected chi connectivity index (χ2v) is 4.78. The highest BCUT2D eigenvalue weighted by molar-refractivity contribution is 9.10. The number of halogens is 1. The first-order chi connectivity index (χ1) is 8.58. The fourth-order valence-corrected chi connectivity index (χ4v) is 1.78. The summed E-state index contributed by atoms with van der Waals surface area (Å²) in [6.07, 6.45) is 1.60. The second-order valence-electron chi connectivity index (χ2n) is 3.93. The third-order valence-electron chi connectivity index (χ3n) is 2.49. The molecule has 1 aromatic carbocycles. The summed E-state index contributed by atoms with van der Waals surface area (Å²) in [6.45, 7) is 3.47. The molecule has 0 N–H and O–H groups in total. The summed E-state index contributed by atoms with van der Waals surface area (Å²) in [4.78, 5) is 15.5. The molecule has 2 rings (SSSR count). The molecular formula is C14H12BrNO2. The molecule has 0 bridgehead atoms. The van der Waals surface area contributed by atoms with Crippen LogP contribution in [0.1, 0.15) is 22.8 Å². The number of carbonyl (C=O) groups excluding carboxylic acids is 1. The number of Topliss-reactive ketones (excluding diaryl/α,β-unsaturated/α-hetero) is 1. The number of benzene rings is 1. The van der Waals surface area contributed by atoms with E-state index in [2.05, 4.69) is 20.9 Å². The van der Waals surface area contributed by atoms with Gasteiger partial charge in [0.2, 0.25) is 5.88 Å². The molecule has 18 heavy (non-hydrogen) atoms. The van der Waals surface area contributed by atoms with Crippen molar-refractivity contribution in [1.82, 2.24) is 4.98 Å². The molecule has 0 aliphatic heterocycles. The maximum absolute atomic E-state index is 11.4. The second kappa shape index (κ2) is 5.31. The summed E-state index contributed by atoms with van der Waals surface area (Å²) in [5.74, 6) is 0.940. The van der Waals surface area contributed by atoms with Gasteiger partial charge in [-0.05, 0) is 49.7 Å². The van der Waals surface area contributed by atoms with Gasteiger partial charge in [-0.25, -0.2) is 4.98 Å². The van der Waals surface area contributed by atoms with Gasteiger partial charge in [0.15, 0.2) is 5.78 Å². The summed E-state index contributed by atoms with van der Waals surface area (Å²) < 4.78 is 6.67. The van der Waals surface area contributed by atoms with Crippen LogP contribution in [-0.2, 0) is 0 Å². The molecule has 0 unspecified atom stereocenters. The quantitative estimate of drug-likeness (QED) is 0.800. The van der Waals surface area contributed by atoms with E-state index in [-0.39, 0.29) is 5.78 Å². The van der Waals surface area contributed by atoms with Gasteiger partial charge in [-0.3, -0.25) is 4.79 Å². The van der Waals surface area contributed by atoms with E-state index in [0.717, 1.165) is 10.0 Å². The van der Waals surface area contributed by atoms with Crippen LogP contribution in [0.3, 0.4) is 0 Å². The Balaban J connectivity index is 2.34. The first-order valence-corrected chi connectivity index (χ1v) is 6.27. The molecule has 0 fully saturated rings. The molecule has 0 spiro atoms. The van der Waals surface area contributed by atoms with Crippen molar-refractivity contribution >= 4 is 21.7 Å². The Morgan fingerprint density at radius 1 is 1.33 bits per heavy atom. The van der Waals surface area contributed by atoms with Crippen LogP contribution in [0, 0.1) is 6.92 Å². The van der Waals surface area contributed by atoms with Crippen molar-refractivity contribution in [2.75, 3.05) is 0 Å². The molecule has 0 amide bonds. The minimum absolute atomic E-state index is 0.0630. The van der Waals surface area contributed by atoms with Crippen molar-refractivity contribution in [1.29, 1.82) is 0 Å². The molecule has 0 atom stereocenters. The van der Waals surface area contributed by atoms with E-state index in [1.807, 2.05) is 25.1 Å². The number of aryl methyl sites for hydroxylation is 1. The van der Waals surface area contributed by atoms with E-state index in [1.54, 1.807) is 18.3 Å². The smallest absolute Gasteiger partial charge is 0.230 e. The SMILES string of the molecule is CC(=O)c1cccnc1Oc1ccc(Br)c(C)c1. The zero-order valence-electron chi connectivity index (χ0n) is 10.1. The van der Waals surface area contributed by atoms with E-state index in [1.165, 1.54) is 6.92 Å². The third kappa shape index (κ3) is 2.76. The molecule has 1 heterocycles. The highest BCUT2D eigenvalue weighted by Gasteiger charge is 2.10. The van der Waals surface area contributed by atoms with Crippen LogP contribution < -0.4 is 4.74 Å². The fourth-order valence-electron chi connectivity index (χ4n) is 1.53. The number of ketones is 1. The minimum atomic E-state index is -0.0630. The predicted molar refractivity (Wildman–Crippen MR) is 73.2 cm³/mol. The van der Waals surface area contributed by atoms with E-state index in [0.29, 0.717) is 17.2 Å². The monoisotopic (exact) mass is 305 g/mol. The zero-order chi connectivity index (χ0) is 13.1. The molecular weight excluding hydrogens is 294 g/mol. The van der Waals surface area contributed by atoms with Gasteiger partial charge in [-0.2, -0.15) is 0 Å². The van der Waals surface area contributed by atoms with Gasteiger partial charge >= 0.3 is 0 Å². The van der Waals surface area contributed by atoms with Crippen molar-refractivity contribution in [3.8, 4) is 11.6 Å². The number of carbonyl (C=O) groups is 1. The van der Waals surface area contributed by atoms with Crippen molar-refractivity contribution in [3.05, 3.63) is 52.1 Å². The molecule has 1 aromatic heterocycles. The lowest BCUT2D eigenvalue weighted by Crippen LogP contribution is -1.99. The number of nitrogens with zero attached hydrogens (tertiary/aromatic N) is 1. The fraction of sp³-hybridized carbons (Fsp3) is 0.143. The summed E-state index contributed by atoms with van der Waals surface area (Å²) >= 11 is 3.43. The first kappa shape index (κ1) is 12.8. The third-order valence-corrected chi connectivity index (χ3v) is 3.38. The van der Waals surface area contributed by atoms with E-state index in [9.17, 15) is 4.79 Å². The van der Waals surface area contributed by atoms with Crippen LogP contribution >= 0.6 is 15.9 Å². The van der Waals surface area contributed by atoms with E-state index < -0.39 is 0 Å². The zero-order valence-corrected chi connectivity index (χ0v) is 11.7. The standard InChI is InChI=1S/C14H12BrNO2/c1-9-8-11(5-6-13(9)15)18-14-12(10(2)17)4-3-7-16-14/h3-8H,1-2H3. The van der Waals surface area contributed by atoms with Gasteiger partial charge in [-0.1, -0.05) is 15.9 Å². The van der Waals surface area contributed by atoms with Gasteiger partial charge in [0, 0.05) is 10.7 Å². The normalized spacial score (nSPS) is 10.2. The number of rotatable bonds is 3. The Kier molecular flexibility index (Phi) is 3.77. The molecule has 0 aliphatic carbocycles. The topological polar surface area (TPSA) is 39.2 Å². The maximum atomic E-state index is 11.4. The van der Waals surface area contributed by atoms with Gasteiger partial charge < -0.3 is 4.74 Å². The van der Waals surface area contributed by atoms with Crippen LogP contribution in [-0.4, -0.2) is 10.8 Å². The molecule has 2 aromatic rings. The van der Waals surface area contributed by atoms with Gasteiger partial charge in [0.05, 0.1) is 5.56 Å². The van der Waals surface area contributed by atoms with E-state index in [4.69, 9.17) is 4.74 Å². The molecule has 92 valence electrons. The summed E-state index contributed by atoms with van der Waals surface area (Å²) in [5.41, 5.74) is 1.55. The lowest BCUT2D eigenvalue weighted by Gasteiger charge is -2.09. The molecule has 0 saturated carbocycles. The highest BCUT2D eigenvalue weighted by Crippen LogP contribution is 2.27. The van der Waals surface area contributed by atoms with Crippen LogP contribution in [0.2, 0.25) is 0 Å². The minimum Gasteiger partial charge on any atom is -0.438 e. The van der Waals surface area contributed by atoms with Crippen molar-refractivity contribution in [2.24, 2.45) is 0 Å². The highest BCUT2D eigenvalue weighted by atomic mass is 79.9. The van der Waals surface area contributed by atoms with Gasteiger partial charge in [0.25, 0.3) is 0 Å².